The van der Waals surface area contributed by atoms with Gasteiger partial charge in [-0.25, -0.2) is 4.98 Å². The van der Waals surface area contributed by atoms with Crippen molar-refractivity contribution in [3.05, 3.63) is 79.1 Å². The van der Waals surface area contributed by atoms with Crippen LogP contribution in [0.3, 0.4) is 0 Å². The summed E-state index contributed by atoms with van der Waals surface area (Å²) in [6.45, 7) is 0. The summed E-state index contributed by atoms with van der Waals surface area (Å²) in [4.78, 5) is 4.49. The molecule has 0 spiro atoms. The molecular weight excluding hydrogens is 284 g/mol. The molecule has 1 heterocycles. The molecule has 112 valence electrons. The second-order valence-electron chi connectivity index (χ2n) is 5.39. The summed E-state index contributed by atoms with van der Waals surface area (Å²) in [5.41, 5.74) is 5.49. The summed E-state index contributed by atoms with van der Waals surface area (Å²) in [5, 5.41) is 0. The molecule has 4 rings (SSSR count). The van der Waals surface area contributed by atoms with Crippen LogP contribution in [-0.4, -0.2) is 16.7 Å². The lowest BCUT2D eigenvalue weighted by atomic mass is 10.1. The topological polar surface area (TPSA) is 27.1 Å². The van der Waals surface area contributed by atoms with E-state index in [4.69, 9.17) is 4.74 Å². The molecule has 0 aliphatic carbocycles. The number of aromatic nitrogens is 2. The molecule has 0 saturated heterocycles. The fourth-order valence-corrected chi connectivity index (χ4v) is 2.79. The van der Waals surface area contributed by atoms with Gasteiger partial charge in [0.15, 0.2) is 0 Å². The van der Waals surface area contributed by atoms with Crippen LogP contribution >= 0.6 is 0 Å². The third-order valence-electron chi connectivity index (χ3n) is 3.99. The van der Waals surface area contributed by atoms with Crippen LogP contribution in [0, 0.1) is 0 Å². The molecule has 0 atom stereocenters. The lowest BCUT2D eigenvalue weighted by molar-refractivity contribution is 0.415. The van der Waals surface area contributed by atoms with Crippen LogP contribution in [0.25, 0.3) is 27.8 Å². The summed E-state index contributed by atoms with van der Waals surface area (Å²) in [6.07, 6.45) is 1.86. The minimum absolute atomic E-state index is 0.820. The fourth-order valence-electron chi connectivity index (χ4n) is 2.79. The number of ether oxygens (including phenoxy) is 1. The molecule has 3 aromatic carbocycles. The Hall–Kier alpha value is -3.07. The van der Waals surface area contributed by atoms with Gasteiger partial charge in [-0.3, -0.25) is 4.57 Å². The van der Waals surface area contributed by atoms with Crippen molar-refractivity contribution in [1.82, 2.24) is 9.55 Å². The maximum Gasteiger partial charge on any atom is 0.121 e. The Bertz CT molecular complexity index is 958. The molecule has 23 heavy (non-hydrogen) atoms. The van der Waals surface area contributed by atoms with Gasteiger partial charge < -0.3 is 4.74 Å². The van der Waals surface area contributed by atoms with Crippen molar-refractivity contribution in [3.8, 4) is 22.6 Å². The van der Waals surface area contributed by atoms with Gasteiger partial charge in [0.05, 0.1) is 18.1 Å². The Morgan fingerprint density at radius 3 is 2.48 bits per heavy atom. The van der Waals surface area contributed by atoms with Crippen molar-refractivity contribution in [2.24, 2.45) is 0 Å². The van der Waals surface area contributed by atoms with Crippen LogP contribution in [0.15, 0.2) is 79.1 Å². The Kier molecular flexibility index (Phi) is 3.31. The van der Waals surface area contributed by atoms with Crippen molar-refractivity contribution in [2.45, 2.75) is 0 Å². The third kappa shape index (κ3) is 2.46. The highest BCUT2D eigenvalue weighted by Crippen LogP contribution is 2.26. The van der Waals surface area contributed by atoms with Crippen molar-refractivity contribution >= 4 is 11.0 Å². The first kappa shape index (κ1) is 13.6. The average molecular weight is 300 g/mol. The van der Waals surface area contributed by atoms with E-state index in [1.807, 2.05) is 30.6 Å². The summed E-state index contributed by atoms with van der Waals surface area (Å²) in [6, 6.07) is 24.8. The molecular formula is C20H16N2O. The molecule has 3 nitrogen and oxygen atoms in total. The van der Waals surface area contributed by atoms with E-state index in [0.29, 0.717) is 0 Å². The van der Waals surface area contributed by atoms with Gasteiger partial charge in [0, 0.05) is 11.8 Å². The number of imidazole rings is 1. The van der Waals surface area contributed by atoms with Gasteiger partial charge >= 0.3 is 0 Å². The van der Waals surface area contributed by atoms with Gasteiger partial charge in [0.2, 0.25) is 0 Å². The van der Waals surface area contributed by atoms with E-state index in [9.17, 15) is 0 Å². The highest BCUT2D eigenvalue weighted by molar-refractivity contribution is 5.79. The number of methoxy groups -OCH3 is 1. The van der Waals surface area contributed by atoms with Crippen LogP contribution in [0.5, 0.6) is 5.75 Å². The van der Waals surface area contributed by atoms with Crippen LogP contribution in [0.2, 0.25) is 0 Å². The van der Waals surface area contributed by atoms with Crippen LogP contribution < -0.4 is 4.74 Å². The molecule has 0 bridgehead atoms. The zero-order valence-electron chi connectivity index (χ0n) is 12.8. The number of fused-ring (bicyclic) bond motifs is 1. The van der Waals surface area contributed by atoms with Gasteiger partial charge in [-0.05, 0) is 35.4 Å². The monoisotopic (exact) mass is 300 g/mol. The van der Waals surface area contributed by atoms with Gasteiger partial charge in [-0.2, -0.15) is 0 Å². The first-order chi connectivity index (χ1) is 11.3. The normalized spacial score (nSPS) is 10.8. The minimum Gasteiger partial charge on any atom is -0.497 e. The summed E-state index contributed by atoms with van der Waals surface area (Å²) in [7, 11) is 1.67. The Morgan fingerprint density at radius 2 is 1.65 bits per heavy atom. The maximum absolute atomic E-state index is 5.26. The Labute approximate surface area is 134 Å². The van der Waals surface area contributed by atoms with Crippen molar-refractivity contribution < 1.29 is 4.74 Å². The standard InChI is InChI=1S/C20H16N2O/c1-23-18-10-11-20-19(13-18)21-14-22(20)17-9-5-8-16(12-17)15-6-3-2-4-7-15/h2-14H,1H3. The summed E-state index contributed by atoms with van der Waals surface area (Å²) < 4.78 is 7.36. The van der Waals surface area contributed by atoms with E-state index in [0.717, 1.165) is 22.5 Å². The fraction of sp³-hybridized carbons (Fsp3) is 0.0500. The van der Waals surface area contributed by atoms with E-state index < -0.39 is 0 Å². The summed E-state index contributed by atoms with van der Waals surface area (Å²) in [5.74, 6) is 0.820. The third-order valence-corrected chi connectivity index (χ3v) is 3.99. The quantitative estimate of drug-likeness (QED) is 0.548. The van der Waals surface area contributed by atoms with E-state index in [-0.39, 0.29) is 0 Å². The molecule has 0 aliphatic heterocycles. The second-order valence-corrected chi connectivity index (χ2v) is 5.39. The van der Waals surface area contributed by atoms with Gasteiger partial charge in [-0.15, -0.1) is 0 Å². The minimum atomic E-state index is 0.820. The highest BCUT2D eigenvalue weighted by Gasteiger charge is 2.07. The first-order valence-corrected chi connectivity index (χ1v) is 7.52. The molecule has 0 saturated carbocycles. The van der Waals surface area contributed by atoms with Crippen molar-refractivity contribution in [1.29, 1.82) is 0 Å². The number of hydrogen-bond donors (Lipinski definition) is 0. The molecule has 4 aromatic rings. The Balaban J connectivity index is 1.82. The van der Waals surface area contributed by atoms with Crippen molar-refractivity contribution in [3.63, 3.8) is 0 Å². The van der Waals surface area contributed by atoms with Crippen LogP contribution in [0.4, 0.5) is 0 Å². The van der Waals surface area contributed by atoms with Gasteiger partial charge in [0.25, 0.3) is 0 Å². The molecule has 0 radical (unpaired) electrons. The van der Waals surface area contributed by atoms with Crippen molar-refractivity contribution in [2.75, 3.05) is 7.11 Å². The number of hydrogen-bond acceptors (Lipinski definition) is 2. The SMILES string of the molecule is COc1ccc2c(c1)ncn2-c1cccc(-c2ccccc2)c1. The molecule has 0 fully saturated rings. The predicted molar refractivity (Wildman–Crippen MR) is 93.1 cm³/mol. The number of benzene rings is 3. The van der Waals surface area contributed by atoms with E-state index >= 15 is 0 Å². The molecule has 3 heteroatoms. The number of nitrogens with zero attached hydrogens (tertiary/aromatic N) is 2. The molecule has 0 aliphatic rings. The smallest absolute Gasteiger partial charge is 0.121 e. The molecule has 0 unspecified atom stereocenters. The van der Waals surface area contributed by atoms with E-state index in [1.54, 1.807) is 7.11 Å². The lowest BCUT2D eigenvalue weighted by Crippen LogP contribution is -1.92. The molecule has 0 amide bonds. The predicted octanol–water partition coefficient (Wildman–Crippen LogP) is 4.70. The van der Waals surface area contributed by atoms with Crippen LogP contribution in [0.1, 0.15) is 0 Å². The zero-order valence-corrected chi connectivity index (χ0v) is 12.8. The van der Waals surface area contributed by atoms with Crippen LogP contribution in [-0.2, 0) is 0 Å². The first-order valence-electron chi connectivity index (χ1n) is 7.52. The van der Waals surface area contributed by atoms with E-state index in [1.165, 1.54) is 11.1 Å². The van der Waals surface area contributed by atoms with E-state index in [2.05, 4.69) is 58.1 Å². The average Bonchev–Trinajstić information content (AvgIpc) is 3.05. The van der Waals surface area contributed by atoms with Gasteiger partial charge in [0.1, 0.15) is 12.1 Å². The maximum atomic E-state index is 5.26. The summed E-state index contributed by atoms with van der Waals surface area (Å²) >= 11 is 0. The zero-order chi connectivity index (χ0) is 15.6. The largest absolute Gasteiger partial charge is 0.497 e. The van der Waals surface area contributed by atoms with Gasteiger partial charge in [-0.1, -0.05) is 42.5 Å². The lowest BCUT2D eigenvalue weighted by Gasteiger charge is -2.08. The highest BCUT2D eigenvalue weighted by atomic mass is 16.5. The number of rotatable bonds is 3. The molecule has 0 N–H and O–H groups in total. The second kappa shape index (κ2) is 5.61. The Morgan fingerprint density at radius 1 is 0.826 bits per heavy atom. The molecule has 1 aromatic heterocycles.